The zero-order chi connectivity index (χ0) is 21.5. The highest BCUT2D eigenvalue weighted by atomic mass is 16.3. The van der Waals surface area contributed by atoms with Gasteiger partial charge in [0.1, 0.15) is 0 Å². The lowest BCUT2D eigenvalue weighted by Gasteiger charge is -2.40. The fourth-order valence-corrected chi connectivity index (χ4v) is 4.27. The Kier molecular flexibility index (Phi) is 4.55. The van der Waals surface area contributed by atoms with Gasteiger partial charge in [0.25, 0.3) is 5.91 Å². The fraction of sp³-hybridized carbons (Fsp3) is 0.160. The van der Waals surface area contributed by atoms with Gasteiger partial charge >= 0.3 is 0 Å². The molecular weight excluding hydrogens is 390 g/mol. The minimum atomic E-state index is -0.219. The summed E-state index contributed by atoms with van der Waals surface area (Å²) in [5.41, 5.74) is 3.41. The van der Waals surface area contributed by atoms with Gasteiger partial charge in [-0.05, 0) is 59.8 Å². The molecule has 6 nitrogen and oxygen atoms in total. The van der Waals surface area contributed by atoms with Crippen LogP contribution in [-0.4, -0.2) is 29.4 Å². The number of rotatable bonds is 2. The van der Waals surface area contributed by atoms with E-state index in [4.69, 9.17) is 4.42 Å². The third kappa shape index (κ3) is 3.26. The zero-order valence-electron chi connectivity index (χ0n) is 17.3. The average molecular weight is 411 g/mol. The number of aromatic nitrogens is 1. The van der Waals surface area contributed by atoms with Crippen LogP contribution in [0.3, 0.4) is 0 Å². The second-order valence-corrected chi connectivity index (χ2v) is 7.77. The molecule has 2 amide bonds. The van der Waals surface area contributed by atoms with Crippen LogP contribution >= 0.6 is 0 Å². The molecule has 0 saturated carbocycles. The number of amides is 2. The van der Waals surface area contributed by atoms with E-state index in [9.17, 15) is 9.59 Å². The van der Waals surface area contributed by atoms with E-state index in [-0.39, 0.29) is 23.6 Å². The van der Waals surface area contributed by atoms with Crippen molar-refractivity contribution in [3.05, 3.63) is 79.0 Å². The summed E-state index contributed by atoms with van der Waals surface area (Å²) in [5, 5.41) is 2.16. The van der Waals surface area contributed by atoms with Crippen molar-refractivity contribution in [3.63, 3.8) is 0 Å². The van der Waals surface area contributed by atoms with Gasteiger partial charge in [0.05, 0.1) is 23.7 Å². The predicted molar refractivity (Wildman–Crippen MR) is 120 cm³/mol. The molecule has 0 aliphatic carbocycles. The highest BCUT2D eigenvalue weighted by Crippen LogP contribution is 2.40. The van der Waals surface area contributed by atoms with Crippen LogP contribution in [0.15, 0.2) is 77.7 Å². The largest absolute Gasteiger partial charge is 0.459 e. The summed E-state index contributed by atoms with van der Waals surface area (Å²) < 4.78 is 5.36. The van der Waals surface area contributed by atoms with Gasteiger partial charge in [-0.1, -0.05) is 18.2 Å². The van der Waals surface area contributed by atoms with Crippen LogP contribution in [0, 0.1) is 0 Å². The van der Waals surface area contributed by atoms with Crippen LogP contribution in [-0.2, 0) is 4.79 Å². The second kappa shape index (κ2) is 7.40. The van der Waals surface area contributed by atoms with Gasteiger partial charge in [-0.15, -0.1) is 0 Å². The molecule has 6 heteroatoms. The number of benzene rings is 2. The quantitative estimate of drug-likeness (QED) is 0.471. The first kappa shape index (κ1) is 19.1. The van der Waals surface area contributed by atoms with E-state index < -0.39 is 0 Å². The Labute approximate surface area is 179 Å². The Hall–Kier alpha value is -3.93. The molecule has 0 fully saturated rings. The van der Waals surface area contributed by atoms with Gasteiger partial charge in [-0.2, -0.15) is 0 Å². The molecule has 2 aromatic heterocycles. The SMILES string of the molecule is CC(=O)N1c2ccc(-c3ccc4cnccc4c3)cc2N(C(=O)c2ccco2)CC1C. The molecule has 1 atom stereocenters. The number of fused-ring (bicyclic) bond motifs is 2. The van der Waals surface area contributed by atoms with Crippen molar-refractivity contribution in [3.8, 4) is 11.1 Å². The molecule has 0 bridgehead atoms. The fourth-order valence-electron chi connectivity index (χ4n) is 4.27. The molecule has 2 aromatic carbocycles. The van der Waals surface area contributed by atoms with Crippen molar-refractivity contribution in [2.24, 2.45) is 0 Å². The molecule has 0 radical (unpaired) electrons. The molecule has 4 aromatic rings. The maximum absolute atomic E-state index is 13.2. The Morgan fingerprint density at radius 1 is 1.00 bits per heavy atom. The van der Waals surface area contributed by atoms with E-state index in [0.29, 0.717) is 12.2 Å². The molecule has 0 N–H and O–H groups in total. The van der Waals surface area contributed by atoms with Crippen molar-refractivity contribution in [2.75, 3.05) is 16.3 Å². The van der Waals surface area contributed by atoms with E-state index >= 15 is 0 Å². The van der Waals surface area contributed by atoms with Gasteiger partial charge in [-0.25, -0.2) is 0 Å². The summed E-state index contributed by atoms with van der Waals surface area (Å²) in [7, 11) is 0. The summed E-state index contributed by atoms with van der Waals surface area (Å²) in [4.78, 5) is 33.2. The maximum atomic E-state index is 13.2. The van der Waals surface area contributed by atoms with Crippen molar-refractivity contribution in [1.29, 1.82) is 0 Å². The summed E-state index contributed by atoms with van der Waals surface area (Å²) >= 11 is 0. The highest BCUT2D eigenvalue weighted by molar-refractivity contribution is 6.10. The molecule has 5 rings (SSSR count). The van der Waals surface area contributed by atoms with E-state index in [0.717, 1.165) is 27.6 Å². The summed E-state index contributed by atoms with van der Waals surface area (Å²) in [6.07, 6.45) is 5.10. The van der Waals surface area contributed by atoms with Crippen LogP contribution < -0.4 is 9.80 Å². The topological polar surface area (TPSA) is 66.7 Å². The molecule has 0 saturated heterocycles. The van der Waals surface area contributed by atoms with Gasteiger partial charge in [-0.3, -0.25) is 14.6 Å². The van der Waals surface area contributed by atoms with Crippen LogP contribution in [0.2, 0.25) is 0 Å². The number of carbonyl (C=O) groups excluding carboxylic acids is 2. The van der Waals surface area contributed by atoms with E-state index in [1.54, 1.807) is 35.1 Å². The number of anilines is 2. The first-order chi connectivity index (χ1) is 15.0. The molecule has 1 aliphatic rings. The highest BCUT2D eigenvalue weighted by Gasteiger charge is 2.34. The van der Waals surface area contributed by atoms with Crippen LogP contribution in [0.4, 0.5) is 11.4 Å². The Balaban J connectivity index is 1.64. The first-order valence-corrected chi connectivity index (χ1v) is 10.2. The molecule has 3 heterocycles. The normalized spacial score (nSPS) is 15.7. The minimum Gasteiger partial charge on any atom is -0.459 e. The van der Waals surface area contributed by atoms with E-state index in [2.05, 4.69) is 11.1 Å². The number of furan rings is 1. The lowest BCUT2D eigenvalue weighted by Crippen LogP contribution is -2.51. The average Bonchev–Trinajstić information content (AvgIpc) is 3.32. The smallest absolute Gasteiger partial charge is 0.294 e. The molecule has 1 aliphatic heterocycles. The van der Waals surface area contributed by atoms with Crippen molar-refractivity contribution in [2.45, 2.75) is 19.9 Å². The third-order valence-corrected chi connectivity index (χ3v) is 5.70. The number of carbonyl (C=O) groups is 2. The number of hydrogen-bond acceptors (Lipinski definition) is 4. The lowest BCUT2D eigenvalue weighted by atomic mass is 9.98. The van der Waals surface area contributed by atoms with Gasteiger partial charge in [0, 0.05) is 31.2 Å². The molecule has 31 heavy (non-hydrogen) atoms. The Morgan fingerprint density at radius 2 is 1.81 bits per heavy atom. The summed E-state index contributed by atoms with van der Waals surface area (Å²) in [5.74, 6) is 0.00544. The molecule has 0 spiro atoms. The van der Waals surface area contributed by atoms with Crippen LogP contribution in [0.25, 0.3) is 21.9 Å². The number of pyridine rings is 1. The molecule has 1 unspecified atom stereocenters. The summed E-state index contributed by atoms with van der Waals surface area (Å²) in [6, 6.07) is 17.2. The summed E-state index contributed by atoms with van der Waals surface area (Å²) in [6.45, 7) is 3.88. The third-order valence-electron chi connectivity index (χ3n) is 5.70. The first-order valence-electron chi connectivity index (χ1n) is 10.2. The predicted octanol–water partition coefficient (Wildman–Crippen LogP) is 4.90. The van der Waals surface area contributed by atoms with Crippen molar-refractivity contribution in [1.82, 2.24) is 4.98 Å². The zero-order valence-corrected chi connectivity index (χ0v) is 17.3. The van der Waals surface area contributed by atoms with E-state index in [1.165, 1.54) is 6.26 Å². The number of hydrogen-bond donors (Lipinski definition) is 0. The Bertz CT molecular complexity index is 1300. The van der Waals surface area contributed by atoms with Crippen LogP contribution in [0.1, 0.15) is 24.4 Å². The van der Waals surface area contributed by atoms with Crippen molar-refractivity contribution < 1.29 is 14.0 Å². The monoisotopic (exact) mass is 411 g/mol. The maximum Gasteiger partial charge on any atom is 0.294 e. The van der Waals surface area contributed by atoms with Gasteiger partial charge in [0.15, 0.2) is 5.76 Å². The Morgan fingerprint density at radius 3 is 2.58 bits per heavy atom. The van der Waals surface area contributed by atoms with E-state index in [1.807, 2.05) is 49.5 Å². The van der Waals surface area contributed by atoms with Gasteiger partial charge < -0.3 is 14.2 Å². The van der Waals surface area contributed by atoms with Crippen LogP contribution in [0.5, 0.6) is 0 Å². The van der Waals surface area contributed by atoms with Gasteiger partial charge in [0.2, 0.25) is 5.91 Å². The number of nitrogens with zero attached hydrogens (tertiary/aromatic N) is 3. The minimum absolute atomic E-state index is 0.0511. The standard InChI is InChI=1S/C25H21N3O3/c1-16-15-27(25(30)24-4-3-11-31-24)23-13-19(7-8-22(23)28(16)17(2)29)18-5-6-21-14-26-10-9-20(21)12-18/h3-14,16H,15H2,1-2H3. The second-order valence-electron chi connectivity index (χ2n) is 7.77. The lowest BCUT2D eigenvalue weighted by molar-refractivity contribution is -0.117. The van der Waals surface area contributed by atoms with Crippen molar-refractivity contribution >= 4 is 34.0 Å². The molecular formula is C25H21N3O3. The molecule has 154 valence electrons.